The lowest BCUT2D eigenvalue weighted by Crippen LogP contribution is -2.33. The van der Waals surface area contributed by atoms with Gasteiger partial charge in [0.25, 0.3) is 0 Å². The van der Waals surface area contributed by atoms with E-state index in [0.29, 0.717) is 49.8 Å². The predicted molar refractivity (Wildman–Crippen MR) is 181 cm³/mol. The third kappa shape index (κ3) is 11.4. The topological polar surface area (TPSA) is 155 Å². The third-order valence-electron chi connectivity index (χ3n) is 7.30. The molecule has 0 radical (unpaired) electrons. The van der Waals surface area contributed by atoms with Crippen LogP contribution in [-0.4, -0.2) is 100.0 Å². The van der Waals surface area contributed by atoms with Crippen LogP contribution in [0.25, 0.3) is 0 Å². The monoisotopic (exact) mass is 660 g/mol. The molecule has 6 rings (SSSR count). The number of aromatic nitrogens is 4. The Labute approximate surface area is 280 Å². The number of nitrogens with zero attached hydrogens (tertiary/aromatic N) is 4. The van der Waals surface area contributed by atoms with Gasteiger partial charge in [-0.25, -0.2) is 19.9 Å². The summed E-state index contributed by atoms with van der Waals surface area (Å²) in [6.07, 6.45) is 6.80. The molecule has 4 heterocycles. The van der Waals surface area contributed by atoms with Crippen LogP contribution in [0.3, 0.4) is 0 Å². The van der Waals surface area contributed by atoms with Crippen LogP contribution in [-0.2, 0) is 18.9 Å². The molecular weight excluding hydrogens is 616 g/mol. The number of methoxy groups -OCH3 is 2. The Bertz CT molecular complexity index is 1340. The largest absolute Gasteiger partial charge is 0.488 e. The molecule has 0 spiro atoms. The van der Waals surface area contributed by atoms with E-state index in [0.717, 1.165) is 61.9 Å². The van der Waals surface area contributed by atoms with Crippen molar-refractivity contribution < 1.29 is 28.4 Å². The number of rotatable bonds is 14. The number of nitrogens with one attached hydrogen (secondary N) is 4. The third-order valence-corrected chi connectivity index (χ3v) is 7.30. The zero-order valence-corrected chi connectivity index (χ0v) is 27.4. The molecule has 2 aliphatic heterocycles. The zero-order chi connectivity index (χ0) is 33.2. The highest BCUT2D eigenvalue weighted by Gasteiger charge is 2.16. The molecule has 2 saturated heterocycles. The summed E-state index contributed by atoms with van der Waals surface area (Å²) in [6, 6.07) is 16.2. The Morgan fingerprint density at radius 1 is 0.604 bits per heavy atom. The van der Waals surface area contributed by atoms with Crippen molar-refractivity contribution in [2.24, 2.45) is 0 Å². The van der Waals surface area contributed by atoms with Crippen LogP contribution < -0.4 is 30.7 Å². The van der Waals surface area contributed by atoms with Crippen molar-refractivity contribution in [2.75, 3.05) is 90.7 Å². The quantitative estimate of drug-likeness (QED) is 0.145. The Hall–Kier alpha value is -4.44. The molecule has 2 aromatic heterocycles. The second kappa shape index (κ2) is 19.4. The maximum atomic E-state index is 5.75. The molecule has 0 bridgehead atoms. The van der Waals surface area contributed by atoms with Gasteiger partial charge in [-0.15, -0.1) is 0 Å². The molecule has 14 nitrogen and oxygen atoms in total. The van der Waals surface area contributed by atoms with Gasteiger partial charge in [0.15, 0.2) is 11.5 Å². The van der Waals surface area contributed by atoms with Gasteiger partial charge in [-0.05, 0) is 35.4 Å². The Morgan fingerprint density at radius 3 is 1.33 bits per heavy atom. The Morgan fingerprint density at radius 2 is 1.00 bits per heavy atom. The van der Waals surface area contributed by atoms with E-state index in [4.69, 9.17) is 28.4 Å². The number of hydrogen-bond donors (Lipinski definition) is 4. The van der Waals surface area contributed by atoms with E-state index in [-0.39, 0.29) is 12.2 Å². The predicted octanol–water partition coefficient (Wildman–Crippen LogP) is 3.81. The van der Waals surface area contributed by atoms with Crippen molar-refractivity contribution in [3.05, 3.63) is 84.4 Å². The lowest BCUT2D eigenvalue weighted by atomic mass is 10.1. The highest BCUT2D eigenvalue weighted by Crippen LogP contribution is 2.23. The van der Waals surface area contributed by atoms with E-state index in [1.165, 1.54) is 0 Å². The molecule has 0 aliphatic carbocycles. The molecule has 4 aromatic rings. The van der Waals surface area contributed by atoms with Crippen molar-refractivity contribution >= 4 is 23.3 Å². The normalized spacial score (nSPS) is 17.5. The fraction of sp³-hybridized carbons (Fsp3) is 0.412. The zero-order valence-electron chi connectivity index (χ0n) is 27.4. The number of morpholine rings is 2. The number of benzene rings is 2. The first kappa shape index (κ1) is 34.9. The summed E-state index contributed by atoms with van der Waals surface area (Å²) in [5.41, 5.74) is 4.18. The summed E-state index contributed by atoms with van der Waals surface area (Å²) in [5.74, 6) is 2.29. The SMILES string of the molecule is COCCOc1cnc(Nc2ccc([C@@H]3CNCCO3)cc2)nc1.COCCOc1cnc(Nc2ccc([C@H]3CNCCO3)cc2)nc1. The van der Waals surface area contributed by atoms with Crippen LogP contribution >= 0.6 is 0 Å². The molecule has 0 amide bonds. The maximum Gasteiger partial charge on any atom is 0.227 e. The van der Waals surface area contributed by atoms with Crippen molar-refractivity contribution in [2.45, 2.75) is 12.2 Å². The molecule has 2 fully saturated rings. The number of anilines is 4. The molecule has 2 aromatic carbocycles. The second-order valence-corrected chi connectivity index (χ2v) is 10.8. The van der Waals surface area contributed by atoms with E-state index in [2.05, 4.69) is 65.5 Å². The van der Waals surface area contributed by atoms with Crippen LogP contribution in [0.5, 0.6) is 11.5 Å². The molecule has 0 unspecified atom stereocenters. The minimum Gasteiger partial charge on any atom is -0.488 e. The first-order valence-electron chi connectivity index (χ1n) is 16.0. The minimum absolute atomic E-state index is 0.118. The summed E-state index contributed by atoms with van der Waals surface area (Å²) in [5, 5.41) is 13.0. The van der Waals surface area contributed by atoms with Gasteiger partial charge >= 0.3 is 0 Å². The standard InChI is InChI=1S/2C17H22N4O3/c2*1-22-8-9-23-15-10-19-17(20-11-15)21-14-4-2-13(3-5-14)16-12-18-6-7-24-16/h2*2-5,10-11,16,18H,6-9,12H2,1H3,(H,19,20,21)/t2*16-/m10/s1. The van der Waals surface area contributed by atoms with Gasteiger partial charge in [0.1, 0.15) is 13.2 Å². The molecule has 2 atom stereocenters. The summed E-state index contributed by atoms with van der Waals surface area (Å²) in [6.45, 7) is 7.05. The van der Waals surface area contributed by atoms with E-state index >= 15 is 0 Å². The average Bonchev–Trinajstić information content (AvgIpc) is 3.15. The van der Waals surface area contributed by atoms with Crippen molar-refractivity contribution in [1.29, 1.82) is 0 Å². The molecule has 2 aliphatic rings. The van der Waals surface area contributed by atoms with Gasteiger partial charge in [-0.3, -0.25) is 0 Å². The maximum absolute atomic E-state index is 5.75. The van der Waals surface area contributed by atoms with Gasteiger partial charge in [0.05, 0.1) is 63.4 Å². The van der Waals surface area contributed by atoms with Crippen LogP contribution in [0.15, 0.2) is 73.3 Å². The van der Waals surface area contributed by atoms with E-state index in [1.54, 1.807) is 39.0 Å². The number of ether oxygens (including phenoxy) is 6. The molecule has 0 saturated carbocycles. The molecule has 14 heteroatoms. The smallest absolute Gasteiger partial charge is 0.227 e. The van der Waals surface area contributed by atoms with Crippen LogP contribution in [0, 0.1) is 0 Å². The summed E-state index contributed by atoms with van der Waals surface area (Å²) in [4.78, 5) is 17.0. The fourth-order valence-electron chi connectivity index (χ4n) is 4.78. The van der Waals surface area contributed by atoms with Crippen LogP contribution in [0.1, 0.15) is 23.3 Å². The van der Waals surface area contributed by atoms with Gasteiger partial charge in [-0.1, -0.05) is 24.3 Å². The number of hydrogen-bond acceptors (Lipinski definition) is 14. The Kier molecular flexibility index (Phi) is 14.1. The molecule has 256 valence electrons. The molecule has 4 N–H and O–H groups in total. The Balaban J connectivity index is 0.000000188. The highest BCUT2D eigenvalue weighted by molar-refractivity contribution is 5.54. The summed E-state index contributed by atoms with van der Waals surface area (Å²) >= 11 is 0. The fourth-order valence-corrected chi connectivity index (χ4v) is 4.78. The van der Waals surface area contributed by atoms with Crippen molar-refractivity contribution in [3.63, 3.8) is 0 Å². The summed E-state index contributed by atoms with van der Waals surface area (Å²) in [7, 11) is 3.27. The van der Waals surface area contributed by atoms with Crippen LogP contribution in [0.2, 0.25) is 0 Å². The average molecular weight is 661 g/mol. The molecular formula is C34H44N8O6. The van der Waals surface area contributed by atoms with E-state index < -0.39 is 0 Å². The first-order chi connectivity index (χ1) is 23.7. The van der Waals surface area contributed by atoms with Gasteiger partial charge in [0, 0.05) is 51.8 Å². The van der Waals surface area contributed by atoms with E-state index in [1.807, 2.05) is 24.3 Å². The van der Waals surface area contributed by atoms with Gasteiger partial charge in [-0.2, -0.15) is 0 Å². The van der Waals surface area contributed by atoms with Crippen molar-refractivity contribution in [3.8, 4) is 11.5 Å². The minimum atomic E-state index is 0.118. The van der Waals surface area contributed by atoms with Gasteiger partial charge in [0.2, 0.25) is 11.9 Å². The first-order valence-corrected chi connectivity index (χ1v) is 16.0. The lowest BCUT2D eigenvalue weighted by Gasteiger charge is -2.24. The lowest BCUT2D eigenvalue weighted by molar-refractivity contribution is 0.0276. The summed E-state index contributed by atoms with van der Waals surface area (Å²) < 4.78 is 32.2. The van der Waals surface area contributed by atoms with E-state index in [9.17, 15) is 0 Å². The second-order valence-electron chi connectivity index (χ2n) is 10.8. The molecule has 48 heavy (non-hydrogen) atoms. The van der Waals surface area contributed by atoms with Gasteiger partial charge < -0.3 is 49.7 Å². The van der Waals surface area contributed by atoms with Crippen LogP contribution in [0.4, 0.5) is 23.3 Å². The highest BCUT2D eigenvalue weighted by atomic mass is 16.5. The van der Waals surface area contributed by atoms with Crippen molar-refractivity contribution in [1.82, 2.24) is 30.6 Å².